The molecule has 0 spiro atoms. The van der Waals surface area contributed by atoms with Gasteiger partial charge in [-0.05, 0) is 24.5 Å². The van der Waals surface area contributed by atoms with E-state index in [1.165, 1.54) is 6.08 Å². The van der Waals surface area contributed by atoms with E-state index in [9.17, 15) is 14.4 Å². The molecule has 1 aromatic rings. The molecular weight excluding hydrogens is 332 g/mol. The van der Waals surface area contributed by atoms with Gasteiger partial charge >= 0.3 is 11.9 Å². The minimum absolute atomic E-state index is 0.00355. The van der Waals surface area contributed by atoms with Gasteiger partial charge in [0.25, 0.3) is 0 Å². The van der Waals surface area contributed by atoms with Crippen molar-refractivity contribution in [2.24, 2.45) is 11.8 Å². The number of ketones is 1. The van der Waals surface area contributed by atoms with Crippen LogP contribution in [-0.4, -0.2) is 30.9 Å². The lowest BCUT2D eigenvalue weighted by molar-refractivity contribution is -0.154. The van der Waals surface area contributed by atoms with E-state index in [2.05, 4.69) is 0 Å². The van der Waals surface area contributed by atoms with Crippen molar-refractivity contribution in [1.82, 2.24) is 0 Å². The molecule has 0 saturated carbocycles. The van der Waals surface area contributed by atoms with E-state index in [0.29, 0.717) is 19.3 Å². The summed E-state index contributed by atoms with van der Waals surface area (Å²) >= 11 is 0. The molecule has 5 nitrogen and oxygen atoms in total. The van der Waals surface area contributed by atoms with Gasteiger partial charge in [-0.1, -0.05) is 51.1 Å². The molecule has 26 heavy (non-hydrogen) atoms. The number of carbonyl (C=O) groups is 3. The maximum Gasteiger partial charge on any atom is 0.330 e. The van der Waals surface area contributed by atoms with Crippen LogP contribution in [0.25, 0.3) is 6.08 Å². The molecule has 2 atom stereocenters. The molecule has 0 aliphatic rings. The number of hydrogen-bond acceptors (Lipinski definition) is 5. The minimum Gasteiger partial charge on any atom is -0.462 e. The van der Waals surface area contributed by atoms with E-state index in [-0.39, 0.29) is 36.8 Å². The van der Waals surface area contributed by atoms with Crippen LogP contribution in [-0.2, 0) is 23.9 Å². The van der Waals surface area contributed by atoms with Crippen LogP contribution in [0.15, 0.2) is 36.4 Å². The Bertz CT molecular complexity index is 606. The molecule has 0 saturated heterocycles. The van der Waals surface area contributed by atoms with Crippen LogP contribution in [0.4, 0.5) is 0 Å². The normalized spacial score (nSPS) is 13.2. The van der Waals surface area contributed by atoms with Gasteiger partial charge in [-0.2, -0.15) is 0 Å². The zero-order valence-electron chi connectivity index (χ0n) is 15.8. The smallest absolute Gasteiger partial charge is 0.330 e. The second-order valence-corrected chi connectivity index (χ2v) is 6.14. The monoisotopic (exact) mass is 360 g/mol. The lowest BCUT2D eigenvalue weighted by atomic mass is 9.90. The van der Waals surface area contributed by atoms with Crippen molar-refractivity contribution >= 4 is 23.8 Å². The fourth-order valence-corrected chi connectivity index (χ4v) is 2.52. The van der Waals surface area contributed by atoms with Gasteiger partial charge in [-0.3, -0.25) is 9.59 Å². The number of esters is 2. The van der Waals surface area contributed by atoms with Crippen LogP contribution in [0.5, 0.6) is 0 Å². The van der Waals surface area contributed by atoms with E-state index >= 15 is 0 Å². The second kappa shape index (κ2) is 12.0. The molecular formula is C21H28O5. The summed E-state index contributed by atoms with van der Waals surface area (Å²) in [5.41, 5.74) is 0.900. The second-order valence-electron chi connectivity index (χ2n) is 6.14. The highest BCUT2D eigenvalue weighted by atomic mass is 16.6. The first-order valence-corrected chi connectivity index (χ1v) is 9.07. The molecule has 2 unspecified atom stereocenters. The molecule has 0 bridgehead atoms. The third-order valence-electron chi connectivity index (χ3n) is 4.15. The quantitative estimate of drug-likeness (QED) is 0.341. The van der Waals surface area contributed by atoms with Crippen molar-refractivity contribution in [1.29, 1.82) is 0 Å². The van der Waals surface area contributed by atoms with Gasteiger partial charge in [0.1, 0.15) is 19.0 Å². The van der Waals surface area contributed by atoms with E-state index in [4.69, 9.17) is 9.47 Å². The van der Waals surface area contributed by atoms with E-state index in [0.717, 1.165) is 5.56 Å². The highest BCUT2D eigenvalue weighted by Gasteiger charge is 2.23. The highest BCUT2D eigenvalue weighted by molar-refractivity contribution is 5.87. The Morgan fingerprint density at radius 3 is 2.31 bits per heavy atom. The summed E-state index contributed by atoms with van der Waals surface area (Å²) in [5, 5.41) is 0. The predicted molar refractivity (Wildman–Crippen MR) is 100 cm³/mol. The summed E-state index contributed by atoms with van der Waals surface area (Å²) in [4.78, 5) is 35.4. The Balaban J connectivity index is 2.30. The number of hydrogen-bond donors (Lipinski definition) is 0. The van der Waals surface area contributed by atoms with Crippen LogP contribution in [0.3, 0.4) is 0 Å². The van der Waals surface area contributed by atoms with Gasteiger partial charge in [0.15, 0.2) is 0 Å². The summed E-state index contributed by atoms with van der Waals surface area (Å²) in [5.74, 6) is -1.15. The third kappa shape index (κ3) is 8.10. The van der Waals surface area contributed by atoms with Gasteiger partial charge in [-0.15, -0.1) is 0 Å². The molecule has 0 fully saturated rings. The number of rotatable bonds is 11. The molecule has 0 N–H and O–H groups in total. The lowest BCUT2D eigenvalue weighted by Crippen LogP contribution is -2.24. The van der Waals surface area contributed by atoms with Gasteiger partial charge in [0.2, 0.25) is 0 Å². The van der Waals surface area contributed by atoms with Gasteiger partial charge in [0, 0.05) is 18.4 Å². The fourth-order valence-electron chi connectivity index (χ4n) is 2.52. The molecule has 0 aromatic heterocycles. The van der Waals surface area contributed by atoms with Crippen LogP contribution in [0.2, 0.25) is 0 Å². The van der Waals surface area contributed by atoms with Crippen molar-refractivity contribution in [2.75, 3.05) is 13.2 Å². The summed E-state index contributed by atoms with van der Waals surface area (Å²) in [6.45, 7) is 5.56. The van der Waals surface area contributed by atoms with Crippen LogP contribution < -0.4 is 0 Å². The first-order valence-electron chi connectivity index (χ1n) is 9.07. The molecule has 1 aromatic carbocycles. The number of benzene rings is 1. The van der Waals surface area contributed by atoms with Crippen molar-refractivity contribution in [2.45, 2.75) is 40.0 Å². The fraction of sp³-hybridized carbons (Fsp3) is 0.476. The maximum absolute atomic E-state index is 12.1. The number of carbonyl (C=O) groups excluding carboxylic acids is 3. The third-order valence-corrected chi connectivity index (χ3v) is 4.15. The van der Waals surface area contributed by atoms with Crippen LogP contribution in [0.1, 0.15) is 45.6 Å². The first kappa shape index (κ1) is 21.6. The standard InChI is InChI=1S/C21H28O5/c1-4-18(15-16(3)19(22)5-2)21(24)26-14-13-25-20(23)12-11-17-9-7-6-8-10-17/h6-12,16,18H,4-5,13-15H2,1-3H3. The zero-order valence-corrected chi connectivity index (χ0v) is 15.8. The van der Waals surface area contributed by atoms with Crippen LogP contribution >= 0.6 is 0 Å². The molecule has 5 heteroatoms. The Labute approximate surface area is 155 Å². The highest BCUT2D eigenvalue weighted by Crippen LogP contribution is 2.19. The zero-order chi connectivity index (χ0) is 19.4. The Kier molecular flexibility index (Phi) is 9.98. The minimum atomic E-state index is -0.487. The van der Waals surface area contributed by atoms with Gasteiger partial charge < -0.3 is 9.47 Å². The van der Waals surface area contributed by atoms with Crippen molar-refractivity contribution in [3.63, 3.8) is 0 Å². The Morgan fingerprint density at radius 1 is 1.04 bits per heavy atom. The first-order chi connectivity index (χ1) is 12.5. The molecule has 0 radical (unpaired) electrons. The van der Waals surface area contributed by atoms with Gasteiger partial charge in [-0.25, -0.2) is 4.79 Å². The lowest BCUT2D eigenvalue weighted by Gasteiger charge is -2.17. The Morgan fingerprint density at radius 2 is 1.69 bits per heavy atom. The van der Waals surface area contributed by atoms with Crippen molar-refractivity contribution in [3.8, 4) is 0 Å². The number of Topliss-reactive ketones (excluding diaryl/α,β-unsaturated/α-hetero) is 1. The SMILES string of the molecule is CCC(=O)C(C)CC(CC)C(=O)OCCOC(=O)C=Cc1ccccc1. The molecule has 0 aliphatic carbocycles. The van der Waals surface area contributed by atoms with Crippen LogP contribution in [0, 0.1) is 11.8 Å². The molecule has 0 amide bonds. The van der Waals surface area contributed by atoms with E-state index < -0.39 is 5.97 Å². The molecule has 0 heterocycles. The average Bonchev–Trinajstić information content (AvgIpc) is 2.67. The van der Waals surface area contributed by atoms with E-state index in [1.807, 2.05) is 51.1 Å². The van der Waals surface area contributed by atoms with Crippen molar-refractivity contribution in [3.05, 3.63) is 42.0 Å². The predicted octanol–water partition coefficient (Wildman–Crippen LogP) is 3.82. The molecule has 142 valence electrons. The Hall–Kier alpha value is -2.43. The van der Waals surface area contributed by atoms with E-state index in [1.54, 1.807) is 6.08 Å². The summed E-state index contributed by atoms with van der Waals surface area (Å²) in [6, 6.07) is 9.40. The van der Waals surface area contributed by atoms with Gasteiger partial charge in [0.05, 0.1) is 5.92 Å². The summed E-state index contributed by atoms with van der Waals surface area (Å²) in [6.07, 6.45) is 4.57. The average molecular weight is 360 g/mol. The largest absolute Gasteiger partial charge is 0.462 e. The van der Waals surface area contributed by atoms with Crippen molar-refractivity contribution < 1.29 is 23.9 Å². The summed E-state index contributed by atoms with van der Waals surface area (Å²) in [7, 11) is 0. The summed E-state index contributed by atoms with van der Waals surface area (Å²) < 4.78 is 10.2. The maximum atomic E-state index is 12.1. The topological polar surface area (TPSA) is 69.7 Å². The molecule has 0 aliphatic heterocycles. The number of ether oxygens (including phenoxy) is 2. The molecule has 1 rings (SSSR count).